The number of thiazole rings is 1. The summed E-state index contributed by atoms with van der Waals surface area (Å²) in [4.78, 5) is 16.1. The minimum atomic E-state index is -0.338. The molecule has 0 unspecified atom stereocenters. The van der Waals surface area contributed by atoms with Crippen LogP contribution in [0.3, 0.4) is 0 Å². The first-order valence-corrected chi connectivity index (χ1v) is 8.67. The number of nitrogens with one attached hydrogen (secondary N) is 1. The van der Waals surface area contributed by atoms with Gasteiger partial charge in [0.25, 0.3) is 5.91 Å². The summed E-state index contributed by atoms with van der Waals surface area (Å²) in [6.45, 7) is 3.05. The molecule has 0 saturated heterocycles. The van der Waals surface area contributed by atoms with E-state index in [9.17, 15) is 4.79 Å². The Morgan fingerprint density at radius 2 is 2.21 bits per heavy atom. The van der Waals surface area contributed by atoms with Gasteiger partial charge in [-0.1, -0.05) is 25.5 Å². The van der Waals surface area contributed by atoms with E-state index >= 15 is 0 Å². The highest BCUT2D eigenvalue weighted by atomic mass is 32.1. The Balaban J connectivity index is 1.95. The molecule has 1 amide bonds. The van der Waals surface area contributed by atoms with Crippen LogP contribution in [0.2, 0.25) is 0 Å². The van der Waals surface area contributed by atoms with Gasteiger partial charge in [0.15, 0.2) is 0 Å². The van der Waals surface area contributed by atoms with E-state index in [1.54, 1.807) is 11.6 Å². The van der Waals surface area contributed by atoms with Gasteiger partial charge in [-0.05, 0) is 30.2 Å². The number of ether oxygens (including phenoxy) is 1. The molecule has 2 rings (SSSR count). The third-order valence-corrected chi connectivity index (χ3v) is 3.88. The first-order chi connectivity index (χ1) is 11.7. The first kappa shape index (κ1) is 17.7. The van der Waals surface area contributed by atoms with Crippen molar-refractivity contribution in [3.8, 4) is 11.8 Å². The van der Waals surface area contributed by atoms with Gasteiger partial charge in [0.2, 0.25) is 0 Å². The van der Waals surface area contributed by atoms with E-state index in [0.717, 1.165) is 24.1 Å². The second-order valence-corrected chi connectivity index (χ2v) is 5.84. The van der Waals surface area contributed by atoms with Crippen LogP contribution in [0, 0.1) is 11.3 Å². The Morgan fingerprint density at radius 1 is 1.42 bits per heavy atom. The van der Waals surface area contributed by atoms with Crippen LogP contribution in [-0.2, 0) is 11.4 Å². The maximum absolute atomic E-state index is 11.9. The van der Waals surface area contributed by atoms with Gasteiger partial charge in [-0.15, -0.1) is 11.3 Å². The second-order valence-electron chi connectivity index (χ2n) is 5.12. The predicted molar refractivity (Wildman–Crippen MR) is 94.4 cm³/mol. The van der Waals surface area contributed by atoms with Gasteiger partial charge in [-0.25, -0.2) is 4.98 Å². The molecule has 124 valence electrons. The fraction of sp³-hybridized carbons (Fsp3) is 0.278. The Morgan fingerprint density at radius 3 is 2.83 bits per heavy atom. The van der Waals surface area contributed by atoms with Crippen molar-refractivity contribution in [2.75, 3.05) is 6.54 Å². The molecule has 5 nitrogen and oxygen atoms in total. The molecule has 0 aliphatic rings. The zero-order chi connectivity index (χ0) is 17.2. The minimum absolute atomic E-state index is 0.0993. The van der Waals surface area contributed by atoms with Crippen LogP contribution in [-0.4, -0.2) is 17.4 Å². The predicted octanol–water partition coefficient (Wildman–Crippen LogP) is 3.55. The maximum Gasteiger partial charge on any atom is 0.261 e. The van der Waals surface area contributed by atoms with Crippen molar-refractivity contribution in [1.82, 2.24) is 10.3 Å². The van der Waals surface area contributed by atoms with Gasteiger partial charge in [-0.2, -0.15) is 5.26 Å². The summed E-state index contributed by atoms with van der Waals surface area (Å²) < 4.78 is 5.63. The van der Waals surface area contributed by atoms with Gasteiger partial charge in [-0.3, -0.25) is 4.79 Å². The molecule has 0 atom stereocenters. The molecule has 6 heteroatoms. The maximum atomic E-state index is 11.9. The Labute approximate surface area is 145 Å². The van der Waals surface area contributed by atoms with Crippen LogP contribution in [0.25, 0.3) is 6.08 Å². The summed E-state index contributed by atoms with van der Waals surface area (Å²) >= 11 is 1.53. The molecule has 1 aromatic carbocycles. The van der Waals surface area contributed by atoms with Gasteiger partial charge in [0, 0.05) is 11.9 Å². The largest absolute Gasteiger partial charge is 0.487 e. The van der Waals surface area contributed by atoms with Crippen LogP contribution >= 0.6 is 11.3 Å². The molecule has 0 aliphatic carbocycles. The molecule has 2 aromatic rings. The average Bonchev–Trinajstić information content (AvgIpc) is 3.12. The lowest BCUT2D eigenvalue weighted by atomic mass is 10.1. The van der Waals surface area contributed by atoms with Crippen molar-refractivity contribution in [2.45, 2.75) is 26.4 Å². The van der Waals surface area contributed by atoms with Crippen molar-refractivity contribution in [3.05, 3.63) is 52.0 Å². The summed E-state index contributed by atoms with van der Waals surface area (Å²) in [6, 6.07) is 9.19. The first-order valence-electron chi connectivity index (χ1n) is 7.73. The second kappa shape index (κ2) is 9.48. The molecule has 1 aromatic heterocycles. The molecule has 0 bridgehead atoms. The van der Waals surface area contributed by atoms with Crippen molar-refractivity contribution >= 4 is 23.3 Å². The molecule has 0 spiro atoms. The molecular weight excluding hydrogens is 322 g/mol. The average molecular weight is 341 g/mol. The number of benzene rings is 1. The third kappa shape index (κ3) is 5.52. The Bertz CT molecular complexity index is 716. The number of aromatic nitrogens is 1. The van der Waals surface area contributed by atoms with Crippen LogP contribution in [0.4, 0.5) is 0 Å². The number of unbranched alkanes of at least 4 members (excludes halogenated alkanes) is 1. The minimum Gasteiger partial charge on any atom is -0.487 e. The topological polar surface area (TPSA) is 75.0 Å². The highest BCUT2D eigenvalue weighted by molar-refractivity contribution is 7.07. The SMILES string of the molecule is CCCCNC(=O)/C(C#N)=C/c1ccc(OCc2cscn2)cc1. The molecule has 24 heavy (non-hydrogen) atoms. The number of amides is 1. The monoisotopic (exact) mass is 341 g/mol. The molecular formula is C18H19N3O2S. The zero-order valence-electron chi connectivity index (χ0n) is 13.5. The summed E-state index contributed by atoms with van der Waals surface area (Å²) in [5.41, 5.74) is 3.53. The lowest BCUT2D eigenvalue weighted by Gasteiger charge is -2.05. The summed E-state index contributed by atoms with van der Waals surface area (Å²) in [7, 11) is 0. The van der Waals surface area contributed by atoms with E-state index in [-0.39, 0.29) is 11.5 Å². The van der Waals surface area contributed by atoms with Crippen molar-refractivity contribution in [2.24, 2.45) is 0 Å². The summed E-state index contributed by atoms with van der Waals surface area (Å²) in [6.07, 6.45) is 3.47. The van der Waals surface area contributed by atoms with Gasteiger partial charge in [0.05, 0.1) is 11.2 Å². The van der Waals surface area contributed by atoms with Gasteiger partial charge in [0.1, 0.15) is 24.0 Å². The number of carbonyl (C=O) groups is 1. The van der Waals surface area contributed by atoms with E-state index < -0.39 is 0 Å². The third-order valence-electron chi connectivity index (χ3n) is 3.24. The molecule has 0 saturated carbocycles. The Hall–Kier alpha value is -2.65. The van der Waals surface area contributed by atoms with Crippen LogP contribution in [0.5, 0.6) is 5.75 Å². The van der Waals surface area contributed by atoms with Crippen LogP contribution in [0.15, 0.2) is 40.7 Å². The van der Waals surface area contributed by atoms with Crippen molar-refractivity contribution in [3.63, 3.8) is 0 Å². The zero-order valence-corrected chi connectivity index (χ0v) is 14.3. The molecule has 0 fully saturated rings. The Kier molecular flexibility index (Phi) is 6.99. The van der Waals surface area contributed by atoms with Crippen LogP contribution < -0.4 is 10.1 Å². The normalized spacial score (nSPS) is 10.9. The van der Waals surface area contributed by atoms with Gasteiger partial charge >= 0.3 is 0 Å². The standard InChI is InChI=1S/C18H19N3O2S/c1-2-3-8-20-18(22)15(10-19)9-14-4-6-17(7-5-14)23-11-16-12-24-13-21-16/h4-7,9,12-13H,2-3,8,11H2,1H3,(H,20,22)/b15-9+. The number of hydrogen-bond donors (Lipinski definition) is 1. The smallest absolute Gasteiger partial charge is 0.261 e. The highest BCUT2D eigenvalue weighted by Gasteiger charge is 2.08. The van der Waals surface area contributed by atoms with Gasteiger partial charge < -0.3 is 10.1 Å². The number of rotatable bonds is 8. The molecule has 0 aliphatic heterocycles. The lowest BCUT2D eigenvalue weighted by molar-refractivity contribution is -0.117. The van der Waals surface area contributed by atoms with E-state index in [0.29, 0.717) is 18.9 Å². The lowest BCUT2D eigenvalue weighted by Crippen LogP contribution is -2.25. The fourth-order valence-corrected chi connectivity index (χ4v) is 2.46. The number of hydrogen-bond acceptors (Lipinski definition) is 5. The van der Waals surface area contributed by atoms with Crippen molar-refractivity contribution in [1.29, 1.82) is 5.26 Å². The van der Waals surface area contributed by atoms with E-state index in [4.69, 9.17) is 10.00 Å². The summed E-state index contributed by atoms with van der Waals surface area (Å²) in [5.74, 6) is 0.376. The molecule has 1 N–H and O–H groups in total. The van der Waals surface area contributed by atoms with E-state index in [1.807, 2.05) is 42.6 Å². The molecule has 1 heterocycles. The summed E-state index contributed by atoms with van der Waals surface area (Å²) in [5, 5.41) is 13.8. The molecule has 0 radical (unpaired) electrons. The fourth-order valence-electron chi connectivity index (χ4n) is 1.92. The number of carbonyl (C=O) groups excluding carboxylic acids is 1. The number of nitriles is 1. The van der Waals surface area contributed by atoms with Crippen LogP contribution in [0.1, 0.15) is 31.0 Å². The quantitative estimate of drug-likeness (QED) is 0.453. The van der Waals surface area contributed by atoms with E-state index in [1.165, 1.54) is 11.3 Å². The van der Waals surface area contributed by atoms with E-state index in [2.05, 4.69) is 10.3 Å². The number of nitrogens with zero attached hydrogens (tertiary/aromatic N) is 2. The highest BCUT2D eigenvalue weighted by Crippen LogP contribution is 2.16. The van der Waals surface area contributed by atoms with Crippen molar-refractivity contribution < 1.29 is 9.53 Å².